The lowest BCUT2D eigenvalue weighted by molar-refractivity contribution is -0.150. The smallest absolute Gasteiger partial charge is 0.306 e. The molecular formula is C48H89N3O6. The van der Waals surface area contributed by atoms with Crippen molar-refractivity contribution < 1.29 is 19.1 Å². The number of anilines is 2. The van der Waals surface area contributed by atoms with E-state index in [0.29, 0.717) is 43.3 Å². The van der Waals surface area contributed by atoms with Gasteiger partial charge in [0, 0.05) is 26.4 Å². The Balaban J connectivity index is 2.37. The molecule has 9 nitrogen and oxygen atoms in total. The quantitative estimate of drug-likeness (QED) is 0.0379. The first-order valence-corrected chi connectivity index (χ1v) is 24.1. The highest BCUT2D eigenvalue weighted by Gasteiger charge is 2.19. The highest BCUT2D eigenvalue weighted by molar-refractivity contribution is 5.73. The Morgan fingerprint density at radius 2 is 0.982 bits per heavy atom. The average Bonchev–Trinajstić information content (AvgIpc) is 3.20. The SMILES string of the molecule is CCCCCC(CCCCC)CCOC(=O)CCCCCCCN(CCCCCCCC(=O)OC(CCCCC)CCCCC)CCCNc1c(NC)c(=O)c1=O. The lowest BCUT2D eigenvalue weighted by Crippen LogP contribution is -2.37. The standard InChI is InChI=1S/C48H89N3O6/c1-6-10-20-29-41(30-21-11-7-2)35-40-56-43(52)33-24-16-14-18-26-37-51(39-28-36-50-46-45(49-5)47(54)48(46)55)38-27-19-15-17-25-34-44(53)57-42(31-22-12-8-3)32-23-13-9-4/h41-42,49-50H,6-40H2,1-5H3. The maximum atomic E-state index is 12.6. The predicted molar refractivity (Wildman–Crippen MR) is 241 cm³/mol. The molecule has 1 aromatic rings. The van der Waals surface area contributed by atoms with Gasteiger partial charge < -0.3 is 25.0 Å². The van der Waals surface area contributed by atoms with Crippen LogP contribution in [-0.2, 0) is 19.1 Å². The average molecular weight is 804 g/mol. The van der Waals surface area contributed by atoms with Crippen molar-refractivity contribution in [1.82, 2.24) is 4.90 Å². The van der Waals surface area contributed by atoms with E-state index >= 15 is 0 Å². The van der Waals surface area contributed by atoms with Crippen molar-refractivity contribution in [3.63, 3.8) is 0 Å². The monoisotopic (exact) mass is 804 g/mol. The summed E-state index contributed by atoms with van der Waals surface area (Å²) < 4.78 is 11.6. The summed E-state index contributed by atoms with van der Waals surface area (Å²) in [6.45, 7) is 13.2. The van der Waals surface area contributed by atoms with E-state index in [1.165, 1.54) is 77.0 Å². The number of unbranched alkanes of at least 4 members (excludes halogenated alkanes) is 16. The number of nitrogens with zero attached hydrogens (tertiary/aromatic N) is 1. The van der Waals surface area contributed by atoms with Gasteiger partial charge in [-0.3, -0.25) is 19.2 Å². The summed E-state index contributed by atoms with van der Waals surface area (Å²) >= 11 is 0. The minimum atomic E-state index is -0.441. The Kier molecular flexibility index (Phi) is 33.8. The Bertz CT molecular complexity index is 1160. The van der Waals surface area contributed by atoms with Gasteiger partial charge in [-0.15, -0.1) is 0 Å². The van der Waals surface area contributed by atoms with Crippen molar-refractivity contribution in [3.8, 4) is 0 Å². The van der Waals surface area contributed by atoms with E-state index in [4.69, 9.17) is 9.47 Å². The number of rotatable bonds is 42. The van der Waals surface area contributed by atoms with Crippen molar-refractivity contribution in [2.24, 2.45) is 5.92 Å². The minimum Gasteiger partial charge on any atom is -0.466 e. The van der Waals surface area contributed by atoms with Crippen LogP contribution in [0.25, 0.3) is 0 Å². The number of carbonyl (C=O) groups is 2. The summed E-state index contributed by atoms with van der Waals surface area (Å²) in [7, 11) is 1.67. The van der Waals surface area contributed by atoms with Crippen LogP contribution >= 0.6 is 0 Å². The molecule has 1 aromatic carbocycles. The number of hydrogen-bond donors (Lipinski definition) is 2. The molecule has 0 radical (unpaired) electrons. The van der Waals surface area contributed by atoms with E-state index in [2.05, 4.69) is 43.2 Å². The third kappa shape index (κ3) is 27.1. The van der Waals surface area contributed by atoms with Crippen LogP contribution in [0.15, 0.2) is 9.59 Å². The molecule has 0 amide bonds. The number of esters is 2. The first kappa shape index (κ1) is 52.6. The van der Waals surface area contributed by atoms with Gasteiger partial charge in [0.15, 0.2) is 0 Å². The zero-order chi connectivity index (χ0) is 41.8. The van der Waals surface area contributed by atoms with Gasteiger partial charge in [-0.25, -0.2) is 0 Å². The van der Waals surface area contributed by atoms with Crippen molar-refractivity contribution in [2.45, 2.75) is 226 Å². The van der Waals surface area contributed by atoms with Crippen LogP contribution in [0.5, 0.6) is 0 Å². The molecule has 0 saturated carbocycles. The molecule has 0 aliphatic heterocycles. The number of ether oxygens (including phenoxy) is 2. The lowest BCUT2D eigenvalue weighted by Gasteiger charge is -2.23. The van der Waals surface area contributed by atoms with E-state index < -0.39 is 10.9 Å². The fraction of sp³-hybridized carbons (Fsp3) is 0.875. The number of nitrogens with one attached hydrogen (secondary N) is 2. The zero-order valence-corrected chi connectivity index (χ0v) is 37.8. The third-order valence-electron chi connectivity index (χ3n) is 11.6. The molecule has 0 unspecified atom stereocenters. The van der Waals surface area contributed by atoms with Crippen LogP contribution in [0.1, 0.15) is 220 Å². The van der Waals surface area contributed by atoms with Gasteiger partial charge >= 0.3 is 11.9 Å². The fourth-order valence-corrected chi connectivity index (χ4v) is 7.88. The van der Waals surface area contributed by atoms with E-state index in [1.54, 1.807) is 7.05 Å². The van der Waals surface area contributed by atoms with E-state index in [9.17, 15) is 19.2 Å². The Morgan fingerprint density at radius 3 is 1.51 bits per heavy atom. The van der Waals surface area contributed by atoms with Crippen molar-refractivity contribution >= 4 is 23.3 Å². The lowest BCUT2D eigenvalue weighted by atomic mass is 9.92. The highest BCUT2D eigenvalue weighted by atomic mass is 16.5. The second-order valence-electron chi connectivity index (χ2n) is 16.8. The summed E-state index contributed by atoms with van der Waals surface area (Å²) in [5.41, 5.74) is -0.0645. The molecule has 57 heavy (non-hydrogen) atoms. The molecule has 332 valence electrons. The Hall–Kier alpha value is -2.42. The molecule has 0 aliphatic carbocycles. The molecule has 9 heteroatoms. The molecule has 0 spiro atoms. The summed E-state index contributed by atoms with van der Waals surface area (Å²) in [6.07, 6.45) is 33.0. The Morgan fingerprint density at radius 1 is 0.526 bits per heavy atom. The molecular weight excluding hydrogens is 715 g/mol. The molecule has 0 bridgehead atoms. The maximum Gasteiger partial charge on any atom is 0.306 e. The highest BCUT2D eigenvalue weighted by Crippen LogP contribution is 2.22. The molecule has 0 heterocycles. The van der Waals surface area contributed by atoms with Gasteiger partial charge in [0.1, 0.15) is 17.5 Å². The van der Waals surface area contributed by atoms with Gasteiger partial charge in [-0.05, 0) is 89.8 Å². The first-order valence-electron chi connectivity index (χ1n) is 24.1. The minimum absolute atomic E-state index is 0.0204. The molecule has 1 rings (SSSR count). The van der Waals surface area contributed by atoms with E-state index in [-0.39, 0.29) is 18.0 Å². The van der Waals surface area contributed by atoms with Gasteiger partial charge in [-0.2, -0.15) is 0 Å². The van der Waals surface area contributed by atoms with Crippen molar-refractivity contribution in [1.29, 1.82) is 0 Å². The molecule has 0 aromatic heterocycles. The van der Waals surface area contributed by atoms with E-state index in [1.807, 2.05) is 0 Å². The topological polar surface area (TPSA) is 114 Å². The van der Waals surface area contributed by atoms with Crippen LogP contribution in [0.3, 0.4) is 0 Å². The van der Waals surface area contributed by atoms with Gasteiger partial charge in [0.2, 0.25) is 0 Å². The van der Waals surface area contributed by atoms with Gasteiger partial charge in [-0.1, -0.05) is 143 Å². The van der Waals surface area contributed by atoms with Gasteiger partial charge in [0.05, 0.1) is 6.61 Å². The van der Waals surface area contributed by atoms with Crippen LogP contribution in [0, 0.1) is 5.92 Å². The molecule has 0 atom stereocenters. The normalized spacial score (nSPS) is 11.6. The zero-order valence-electron chi connectivity index (χ0n) is 37.8. The second kappa shape index (κ2) is 36.6. The second-order valence-corrected chi connectivity index (χ2v) is 16.8. The van der Waals surface area contributed by atoms with Crippen molar-refractivity contribution in [3.05, 3.63) is 20.4 Å². The summed E-state index contributed by atoms with van der Waals surface area (Å²) in [5.74, 6) is 0.631. The molecule has 0 saturated heterocycles. The predicted octanol–water partition coefficient (Wildman–Crippen LogP) is 11.9. The molecule has 2 N–H and O–H groups in total. The van der Waals surface area contributed by atoms with Crippen LogP contribution in [0.4, 0.5) is 11.4 Å². The summed E-state index contributed by atoms with van der Waals surface area (Å²) in [4.78, 5) is 51.3. The van der Waals surface area contributed by atoms with Crippen LogP contribution in [-0.4, -0.2) is 62.8 Å². The number of hydrogen-bond acceptors (Lipinski definition) is 9. The number of carbonyl (C=O) groups excluding carboxylic acids is 2. The van der Waals surface area contributed by atoms with E-state index in [0.717, 1.165) is 122 Å². The third-order valence-corrected chi connectivity index (χ3v) is 11.6. The summed E-state index contributed by atoms with van der Waals surface area (Å²) in [6, 6.07) is 0. The maximum absolute atomic E-state index is 12.6. The van der Waals surface area contributed by atoms with Gasteiger partial charge in [0.25, 0.3) is 10.9 Å². The van der Waals surface area contributed by atoms with Crippen molar-refractivity contribution in [2.75, 3.05) is 50.5 Å². The summed E-state index contributed by atoms with van der Waals surface area (Å²) in [5, 5.41) is 6.01. The Labute approximate surface area is 349 Å². The molecule has 0 aliphatic rings. The first-order chi connectivity index (χ1) is 27.8. The molecule has 0 fully saturated rings. The van der Waals surface area contributed by atoms with Crippen LogP contribution in [0.2, 0.25) is 0 Å². The fourth-order valence-electron chi connectivity index (χ4n) is 7.88. The van der Waals surface area contributed by atoms with Crippen LogP contribution < -0.4 is 21.5 Å². The largest absolute Gasteiger partial charge is 0.466 e.